The van der Waals surface area contributed by atoms with E-state index in [1.54, 1.807) is 0 Å². The molecule has 0 N–H and O–H groups in total. The second-order valence-corrected chi connectivity index (χ2v) is 7.19. The molecule has 1 heterocycles. The first-order valence-corrected chi connectivity index (χ1v) is 9.11. The Morgan fingerprint density at radius 1 is 1.00 bits per heavy atom. The zero-order valence-electron chi connectivity index (χ0n) is 13.8. The maximum absolute atomic E-state index is 5.61. The third-order valence-corrected chi connectivity index (χ3v) is 5.40. The lowest BCUT2D eigenvalue weighted by atomic mass is 9.85. The molecule has 0 bridgehead atoms. The maximum atomic E-state index is 5.61. The molecule has 3 heteroatoms. The molecule has 23 heavy (non-hydrogen) atoms. The molecule has 122 valence electrons. The first-order valence-electron chi connectivity index (χ1n) is 9.11. The number of aryl methyl sites for hydroxylation is 1. The third-order valence-electron chi connectivity index (χ3n) is 5.40. The Kier molecular flexibility index (Phi) is 4.47. The lowest BCUT2D eigenvalue weighted by molar-refractivity contribution is 0.161. The molecule has 3 nitrogen and oxygen atoms in total. The molecule has 0 saturated heterocycles. The topological polar surface area (TPSA) is 29.3 Å². The van der Waals surface area contributed by atoms with Gasteiger partial charge in [0.2, 0.25) is 0 Å². The number of nitrogens with zero attached hydrogens (tertiary/aromatic N) is 2. The summed E-state index contributed by atoms with van der Waals surface area (Å²) in [5, 5.41) is 4.41. The largest absolute Gasteiger partial charge is 0.361 e. The van der Waals surface area contributed by atoms with Crippen molar-refractivity contribution in [3.63, 3.8) is 0 Å². The van der Waals surface area contributed by atoms with Crippen molar-refractivity contribution in [1.29, 1.82) is 0 Å². The minimum atomic E-state index is 0.876. The van der Waals surface area contributed by atoms with Gasteiger partial charge in [0.1, 0.15) is 11.5 Å². The summed E-state index contributed by atoms with van der Waals surface area (Å²) in [6, 6.07) is 10.8. The van der Waals surface area contributed by atoms with Crippen LogP contribution in [0.2, 0.25) is 0 Å². The van der Waals surface area contributed by atoms with Gasteiger partial charge in [0.15, 0.2) is 0 Å². The van der Waals surface area contributed by atoms with Gasteiger partial charge in [0, 0.05) is 31.6 Å². The van der Waals surface area contributed by atoms with Gasteiger partial charge in [-0.1, -0.05) is 41.9 Å². The zero-order valence-corrected chi connectivity index (χ0v) is 13.8. The van der Waals surface area contributed by atoms with E-state index in [-0.39, 0.29) is 0 Å². The van der Waals surface area contributed by atoms with Crippen LogP contribution in [0.25, 0.3) is 0 Å². The number of benzene rings is 1. The summed E-state index contributed by atoms with van der Waals surface area (Å²) < 4.78 is 5.61. The van der Waals surface area contributed by atoms with Crippen molar-refractivity contribution in [3.05, 3.63) is 52.9 Å². The quantitative estimate of drug-likeness (QED) is 0.794. The molecular formula is C20H26N2O. The Balaban J connectivity index is 1.49. The molecule has 4 rings (SSSR count). The molecule has 0 amide bonds. The van der Waals surface area contributed by atoms with Crippen LogP contribution in [0.5, 0.6) is 0 Å². The molecular weight excluding hydrogens is 284 g/mol. The average Bonchev–Trinajstić information content (AvgIpc) is 2.95. The zero-order chi connectivity index (χ0) is 15.5. The molecule has 0 atom stereocenters. The summed E-state index contributed by atoms with van der Waals surface area (Å²) in [6.45, 7) is 3.14. The van der Waals surface area contributed by atoms with E-state index in [0.29, 0.717) is 0 Å². The van der Waals surface area contributed by atoms with Crippen LogP contribution in [0.4, 0.5) is 0 Å². The van der Waals surface area contributed by atoms with E-state index < -0.39 is 0 Å². The number of hydrogen-bond acceptors (Lipinski definition) is 3. The van der Waals surface area contributed by atoms with E-state index in [2.05, 4.69) is 40.4 Å². The second kappa shape index (κ2) is 6.88. The summed E-state index contributed by atoms with van der Waals surface area (Å²) in [4.78, 5) is 2.58. The van der Waals surface area contributed by atoms with Crippen molar-refractivity contribution in [2.24, 2.45) is 5.92 Å². The normalized spacial score (nSPS) is 18.0. The highest BCUT2D eigenvalue weighted by molar-refractivity contribution is 5.25. The predicted octanol–water partition coefficient (Wildman–Crippen LogP) is 4.36. The van der Waals surface area contributed by atoms with Gasteiger partial charge < -0.3 is 4.52 Å². The number of aromatic nitrogens is 1. The van der Waals surface area contributed by atoms with Crippen LogP contribution in [0.15, 0.2) is 34.9 Å². The lowest BCUT2D eigenvalue weighted by Crippen LogP contribution is -2.32. The third kappa shape index (κ3) is 3.50. The molecule has 2 aromatic rings. The minimum Gasteiger partial charge on any atom is -0.361 e. The summed E-state index contributed by atoms with van der Waals surface area (Å²) in [7, 11) is 0. The van der Waals surface area contributed by atoms with Crippen LogP contribution in [-0.4, -0.2) is 16.6 Å². The summed E-state index contributed by atoms with van der Waals surface area (Å²) in [6.07, 6.45) is 8.94. The fourth-order valence-electron chi connectivity index (χ4n) is 3.85. The fraction of sp³-hybridized carbons (Fsp3) is 0.550. The molecule has 1 aromatic carbocycles. The summed E-state index contributed by atoms with van der Waals surface area (Å²) in [5.41, 5.74) is 3.99. The summed E-state index contributed by atoms with van der Waals surface area (Å²) >= 11 is 0. The fourth-order valence-corrected chi connectivity index (χ4v) is 3.85. The van der Waals surface area contributed by atoms with Crippen molar-refractivity contribution in [1.82, 2.24) is 10.1 Å². The molecule has 1 aromatic heterocycles. The van der Waals surface area contributed by atoms with Crippen molar-refractivity contribution >= 4 is 0 Å². The van der Waals surface area contributed by atoms with E-state index in [0.717, 1.165) is 37.6 Å². The summed E-state index contributed by atoms with van der Waals surface area (Å²) in [5.74, 6) is 2.02. The molecule has 2 aliphatic rings. The highest BCUT2D eigenvalue weighted by atomic mass is 16.5. The van der Waals surface area contributed by atoms with Gasteiger partial charge in [-0.15, -0.1) is 0 Å². The number of fused-ring (bicyclic) bond motifs is 1. The van der Waals surface area contributed by atoms with Crippen molar-refractivity contribution < 1.29 is 4.52 Å². The SMILES string of the molecule is c1ccc(CN(Cc2noc3c2CCCC3)CC2CCC2)cc1. The Morgan fingerprint density at radius 3 is 2.61 bits per heavy atom. The molecule has 1 fully saturated rings. The van der Waals surface area contributed by atoms with Crippen LogP contribution in [-0.2, 0) is 25.9 Å². The van der Waals surface area contributed by atoms with Gasteiger partial charge in [0.25, 0.3) is 0 Å². The van der Waals surface area contributed by atoms with Crippen molar-refractivity contribution in [2.75, 3.05) is 6.54 Å². The monoisotopic (exact) mass is 310 g/mol. The van der Waals surface area contributed by atoms with E-state index in [1.165, 1.54) is 55.5 Å². The van der Waals surface area contributed by atoms with E-state index in [1.807, 2.05) is 0 Å². The first kappa shape index (κ1) is 14.9. The molecule has 0 unspecified atom stereocenters. The van der Waals surface area contributed by atoms with Crippen LogP contribution < -0.4 is 0 Å². The van der Waals surface area contributed by atoms with Gasteiger partial charge in [-0.2, -0.15) is 0 Å². The smallest absolute Gasteiger partial charge is 0.140 e. The maximum Gasteiger partial charge on any atom is 0.140 e. The Hall–Kier alpha value is -1.61. The standard InChI is InChI=1S/C20H26N2O/c1-2-7-16(8-3-1)13-22(14-17-9-6-10-17)15-19-18-11-4-5-12-20(18)23-21-19/h1-3,7-8,17H,4-6,9-15H2. The van der Waals surface area contributed by atoms with Gasteiger partial charge in [-0.25, -0.2) is 0 Å². The van der Waals surface area contributed by atoms with Gasteiger partial charge in [0.05, 0.1) is 0 Å². The van der Waals surface area contributed by atoms with E-state index in [4.69, 9.17) is 4.52 Å². The van der Waals surface area contributed by atoms with Crippen LogP contribution in [0, 0.1) is 5.92 Å². The van der Waals surface area contributed by atoms with E-state index in [9.17, 15) is 0 Å². The highest BCUT2D eigenvalue weighted by Crippen LogP contribution is 2.30. The highest BCUT2D eigenvalue weighted by Gasteiger charge is 2.24. The van der Waals surface area contributed by atoms with E-state index >= 15 is 0 Å². The Morgan fingerprint density at radius 2 is 1.83 bits per heavy atom. The van der Waals surface area contributed by atoms with Gasteiger partial charge in [-0.05, 0) is 43.6 Å². The molecule has 0 aliphatic heterocycles. The molecule has 0 spiro atoms. The molecule has 1 saturated carbocycles. The lowest BCUT2D eigenvalue weighted by Gasteiger charge is -2.32. The van der Waals surface area contributed by atoms with Crippen molar-refractivity contribution in [2.45, 2.75) is 58.0 Å². The average molecular weight is 310 g/mol. The minimum absolute atomic E-state index is 0.876. The van der Waals surface area contributed by atoms with Crippen LogP contribution >= 0.6 is 0 Å². The molecule has 2 aliphatic carbocycles. The molecule has 0 radical (unpaired) electrons. The number of rotatable bonds is 6. The van der Waals surface area contributed by atoms with Crippen LogP contribution in [0.3, 0.4) is 0 Å². The van der Waals surface area contributed by atoms with Crippen molar-refractivity contribution in [3.8, 4) is 0 Å². The number of hydrogen-bond donors (Lipinski definition) is 0. The second-order valence-electron chi connectivity index (χ2n) is 7.19. The Bertz CT molecular complexity index is 630. The predicted molar refractivity (Wildman–Crippen MR) is 91.0 cm³/mol. The Labute approximate surface area is 138 Å². The van der Waals surface area contributed by atoms with Gasteiger partial charge >= 0.3 is 0 Å². The van der Waals surface area contributed by atoms with Gasteiger partial charge in [-0.3, -0.25) is 4.90 Å². The first-order chi connectivity index (χ1) is 11.4. The van der Waals surface area contributed by atoms with Crippen LogP contribution in [0.1, 0.15) is 54.7 Å².